The van der Waals surface area contributed by atoms with Crippen molar-refractivity contribution in [3.8, 4) is 0 Å². The smallest absolute Gasteiger partial charge is 0.191 e. The van der Waals surface area contributed by atoms with Gasteiger partial charge in [0.15, 0.2) is 5.96 Å². The average molecular weight is 171 g/mol. The minimum absolute atomic E-state index is 0.236. The Morgan fingerprint density at radius 1 is 1.50 bits per heavy atom. The first-order valence-electron chi connectivity index (χ1n) is 4.56. The number of nitrogens with zero attached hydrogens (tertiary/aromatic N) is 1. The topological polar surface area (TPSA) is 56.6 Å². The largest absolute Gasteiger partial charge is 0.396 e. The number of aliphatic imine (C=N–C) groups is 1. The maximum absolute atomic E-state index is 8.55. The van der Waals surface area contributed by atoms with E-state index in [9.17, 15) is 0 Å². The van der Waals surface area contributed by atoms with Crippen LogP contribution in [0.2, 0.25) is 0 Å². The molecular formula is C8H17N3O. The average Bonchev–Trinajstić information content (AvgIpc) is 2.33. The molecule has 0 spiro atoms. The van der Waals surface area contributed by atoms with Gasteiger partial charge in [0, 0.05) is 26.2 Å². The Morgan fingerprint density at radius 2 is 2.42 bits per heavy atom. The Labute approximate surface area is 73.1 Å². The summed E-state index contributed by atoms with van der Waals surface area (Å²) in [7, 11) is 0. The molecule has 4 nitrogen and oxygen atoms in total. The number of rotatable bonds is 3. The van der Waals surface area contributed by atoms with Crippen molar-refractivity contribution in [2.24, 2.45) is 4.99 Å². The molecule has 0 saturated heterocycles. The molecule has 1 heterocycles. The zero-order valence-corrected chi connectivity index (χ0v) is 7.34. The molecule has 1 aliphatic heterocycles. The summed E-state index contributed by atoms with van der Waals surface area (Å²) in [4.78, 5) is 4.31. The lowest BCUT2D eigenvalue weighted by Crippen LogP contribution is -2.37. The van der Waals surface area contributed by atoms with Gasteiger partial charge in [-0.2, -0.15) is 0 Å². The molecule has 0 aliphatic carbocycles. The van der Waals surface area contributed by atoms with E-state index in [0.29, 0.717) is 0 Å². The number of guanidine groups is 1. The first-order valence-corrected chi connectivity index (χ1v) is 4.56. The van der Waals surface area contributed by atoms with E-state index in [-0.39, 0.29) is 6.61 Å². The Balaban J connectivity index is 2.15. The normalized spacial score (nSPS) is 17.6. The molecule has 0 unspecified atom stereocenters. The van der Waals surface area contributed by atoms with E-state index in [4.69, 9.17) is 5.11 Å². The van der Waals surface area contributed by atoms with Gasteiger partial charge in [0.25, 0.3) is 0 Å². The highest BCUT2D eigenvalue weighted by atomic mass is 16.3. The predicted molar refractivity (Wildman–Crippen MR) is 49.2 cm³/mol. The van der Waals surface area contributed by atoms with Crippen molar-refractivity contribution in [2.45, 2.75) is 19.3 Å². The van der Waals surface area contributed by atoms with Gasteiger partial charge in [0.1, 0.15) is 0 Å². The molecule has 0 amide bonds. The van der Waals surface area contributed by atoms with Crippen LogP contribution in [0.25, 0.3) is 0 Å². The maximum atomic E-state index is 8.55. The molecule has 0 atom stereocenters. The van der Waals surface area contributed by atoms with E-state index in [2.05, 4.69) is 15.6 Å². The van der Waals surface area contributed by atoms with Crippen LogP contribution in [0.1, 0.15) is 19.3 Å². The molecule has 0 bridgehead atoms. The van der Waals surface area contributed by atoms with Crippen molar-refractivity contribution in [3.05, 3.63) is 0 Å². The molecular weight excluding hydrogens is 154 g/mol. The van der Waals surface area contributed by atoms with Crippen molar-refractivity contribution < 1.29 is 5.11 Å². The predicted octanol–water partition coefficient (Wildman–Crippen LogP) is -0.302. The van der Waals surface area contributed by atoms with Crippen LogP contribution in [-0.4, -0.2) is 37.3 Å². The Morgan fingerprint density at radius 3 is 3.25 bits per heavy atom. The first kappa shape index (κ1) is 9.32. The third-order valence-electron chi connectivity index (χ3n) is 1.77. The van der Waals surface area contributed by atoms with Gasteiger partial charge in [0.2, 0.25) is 0 Å². The molecule has 0 fully saturated rings. The fraction of sp³-hybridized carbons (Fsp3) is 0.875. The van der Waals surface area contributed by atoms with E-state index >= 15 is 0 Å². The van der Waals surface area contributed by atoms with Gasteiger partial charge >= 0.3 is 0 Å². The van der Waals surface area contributed by atoms with Crippen LogP contribution in [-0.2, 0) is 0 Å². The van der Waals surface area contributed by atoms with Crippen LogP contribution >= 0.6 is 0 Å². The fourth-order valence-electron chi connectivity index (χ4n) is 1.09. The van der Waals surface area contributed by atoms with Crippen LogP contribution in [0, 0.1) is 0 Å². The van der Waals surface area contributed by atoms with Crippen molar-refractivity contribution >= 4 is 5.96 Å². The van der Waals surface area contributed by atoms with Crippen LogP contribution in [0.4, 0.5) is 0 Å². The lowest BCUT2D eigenvalue weighted by atomic mass is 10.3. The molecule has 0 aromatic rings. The highest BCUT2D eigenvalue weighted by Gasteiger charge is 2.00. The highest BCUT2D eigenvalue weighted by Crippen LogP contribution is 1.92. The zero-order valence-electron chi connectivity index (χ0n) is 7.34. The van der Waals surface area contributed by atoms with E-state index in [1.165, 1.54) is 6.42 Å². The summed E-state index contributed by atoms with van der Waals surface area (Å²) in [5, 5.41) is 14.9. The molecule has 0 saturated carbocycles. The number of aliphatic hydroxyl groups is 1. The summed E-state index contributed by atoms with van der Waals surface area (Å²) in [6.45, 7) is 2.95. The summed E-state index contributed by atoms with van der Waals surface area (Å²) in [6.07, 6.45) is 3.13. The third-order valence-corrected chi connectivity index (χ3v) is 1.77. The second-order valence-electron chi connectivity index (χ2n) is 2.87. The number of hydrogen-bond donors (Lipinski definition) is 3. The van der Waals surface area contributed by atoms with Gasteiger partial charge in [-0.1, -0.05) is 0 Å². The Hall–Kier alpha value is -0.770. The third kappa shape index (κ3) is 3.57. The van der Waals surface area contributed by atoms with Gasteiger partial charge in [-0.05, 0) is 19.3 Å². The van der Waals surface area contributed by atoms with Gasteiger partial charge in [-0.3, -0.25) is 4.99 Å². The molecule has 0 aromatic carbocycles. The van der Waals surface area contributed by atoms with Gasteiger partial charge in [-0.15, -0.1) is 0 Å². The number of nitrogens with one attached hydrogen (secondary N) is 2. The lowest BCUT2D eigenvalue weighted by molar-refractivity contribution is 0.289. The summed E-state index contributed by atoms with van der Waals surface area (Å²) in [5.41, 5.74) is 0. The molecule has 3 N–H and O–H groups in total. The molecule has 70 valence electrons. The summed E-state index contributed by atoms with van der Waals surface area (Å²) < 4.78 is 0. The summed E-state index contributed by atoms with van der Waals surface area (Å²) >= 11 is 0. The van der Waals surface area contributed by atoms with Crippen molar-refractivity contribution in [1.82, 2.24) is 10.6 Å². The van der Waals surface area contributed by atoms with Gasteiger partial charge < -0.3 is 15.7 Å². The SMILES string of the molecule is OCCCNC1=NCCCCN1. The molecule has 12 heavy (non-hydrogen) atoms. The lowest BCUT2D eigenvalue weighted by Gasteiger charge is -2.08. The van der Waals surface area contributed by atoms with Crippen LogP contribution in [0.5, 0.6) is 0 Å². The second kappa shape index (κ2) is 5.83. The monoisotopic (exact) mass is 171 g/mol. The van der Waals surface area contributed by atoms with Crippen molar-refractivity contribution in [3.63, 3.8) is 0 Å². The maximum Gasteiger partial charge on any atom is 0.191 e. The molecule has 0 aromatic heterocycles. The molecule has 4 heteroatoms. The molecule has 0 radical (unpaired) electrons. The molecule has 1 rings (SSSR count). The minimum atomic E-state index is 0.236. The van der Waals surface area contributed by atoms with Crippen LogP contribution < -0.4 is 10.6 Å². The highest BCUT2D eigenvalue weighted by molar-refractivity contribution is 5.79. The van der Waals surface area contributed by atoms with E-state index < -0.39 is 0 Å². The first-order chi connectivity index (χ1) is 5.93. The summed E-state index contributed by atoms with van der Waals surface area (Å²) in [5.74, 6) is 0.890. The van der Waals surface area contributed by atoms with Crippen molar-refractivity contribution in [1.29, 1.82) is 0 Å². The van der Waals surface area contributed by atoms with E-state index in [0.717, 1.165) is 38.4 Å². The minimum Gasteiger partial charge on any atom is -0.396 e. The Kier molecular flexibility index (Phi) is 4.52. The standard InChI is InChI=1S/C8H17N3O/c12-7-3-6-11-8-9-4-1-2-5-10-8/h12H,1-7H2,(H2,9,10,11). The number of hydrogen-bond acceptors (Lipinski definition) is 4. The van der Waals surface area contributed by atoms with Gasteiger partial charge in [-0.25, -0.2) is 0 Å². The quantitative estimate of drug-likeness (QED) is 0.511. The van der Waals surface area contributed by atoms with E-state index in [1.807, 2.05) is 0 Å². The van der Waals surface area contributed by atoms with Crippen LogP contribution in [0.3, 0.4) is 0 Å². The Bertz CT molecular complexity index is 147. The number of aliphatic hydroxyl groups excluding tert-OH is 1. The second-order valence-corrected chi connectivity index (χ2v) is 2.87. The zero-order chi connectivity index (χ0) is 8.65. The van der Waals surface area contributed by atoms with Gasteiger partial charge in [0.05, 0.1) is 0 Å². The van der Waals surface area contributed by atoms with Crippen LogP contribution in [0.15, 0.2) is 4.99 Å². The fourth-order valence-corrected chi connectivity index (χ4v) is 1.09. The summed E-state index contributed by atoms with van der Waals surface area (Å²) in [6, 6.07) is 0. The van der Waals surface area contributed by atoms with E-state index in [1.54, 1.807) is 0 Å². The molecule has 1 aliphatic rings. The van der Waals surface area contributed by atoms with Crippen molar-refractivity contribution in [2.75, 3.05) is 26.2 Å².